The predicted octanol–water partition coefficient (Wildman–Crippen LogP) is 5.50. The van der Waals surface area contributed by atoms with E-state index in [1.807, 2.05) is 0 Å². The van der Waals surface area contributed by atoms with E-state index in [4.69, 9.17) is 0 Å². The van der Waals surface area contributed by atoms with Crippen LogP contribution in [0.1, 0.15) is 27.8 Å². The van der Waals surface area contributed by atoms with Crippen molar-refractivity contribution in [2.24, 2.45) is 0 Å². The van der Waals surface area contributed by atoms with Crippen molar-refractivity contribution in [3.8, 4) is 11.1 Å². The topological polar surface area (TPSA) is 0 Å². The Hall–Kier alpha value is -0.830. The molecule has 2 rings (SSSR count). The minimum absolute atomic E-state index is 1.33. The summed E-state index contributed by atoms with van der Waals surface area (Å²) in [4.78, 5) is 0. The van der Waals surface area contributed by atoms with Crippen LogP contribution in [0.2, 0.25) is 0 Å². The van der Waals surface area contributed by atoms with E-state index in [1.54, 1.807) is 0 Å². The molecule has 0 saturated carbocycles. The molecular weight excluding hydrogens is 331 g/mol. The Balaban J connectivity index is 2.63. The van der Waals surface area contributed by atoms with Gasteiger partial charge in [0.2, 0.25) is 0 Å². The van der Waals surface area contributed by atoms with Crippen molar-refractivity contribution in [1.29, 1.82) is 0 Å². The van der Waals surface area contributed by atoms with Crippen LogP contribution in [0.4, 0.5) is 0 Å². The van der Waals surface area contributed by atoms with Gasteiger partial charge in [-0.15, -0.1) is 0 Å². The molecule has 18 heavy (non-hydrogen) atoms. The van der Waals surface area contributed by atoms with E-state index >= 15 is 0 Å². The minimum atomic E-state index is 1.33. The first-order valence-corrected chi connectivity index (χ1v) is 7.33. The summed E-state index contributed by atoms with van der Waals surface area (Å²) in [6.45, 7) is 11.0. The second-order valence-electron chi connectivity index (χ2n) is 5.14. The molecule has 0 aliphatic rings. The van der Waals surface area contributed by atoms with Crippen molar-refractivity contribution in [3.63, 3.8) is 0 Å². The molecule has 0 saturated heterocycles. The number of rotatable bonds is 1. The maximum atomic E-state index is 2.43. The largest absolute Gasteiger partial charge is 0.0512 e. The zero-order valence-electron chi connectivity index (χ0n) is 11.7. The van der Waals surface area contributed by atoms with Crippen LogP contribution in [0.3, 0.4) is 0 Å². The van der Waals surface area contributed by atoms with Crippen LogP contribution >= 0.6 is 22.6 Å². The van der Waals surface area contributed by atoms with Crippen LogP contribution in [-0.4, -0.2) is 0 Å². The highest BCUT2D eigenvalue weighted by atomic mass is 127. The highest BCUT2D eigenvalue weighted by molar-refractivity contribution is 14.1. The van der Waals surface area contributed by atoms with Crippen molar-refractivity contribution >= 4 is 22.6 Å². The zero-order valence-corrected chi connectivity index (χ0v) is 13.8. The maximum Gasteiger partial charge on any atom is 0.0168 e. The fourth-order valence-corrected chi connectivity index (χ4v) is 2.95. The number of hydrogen-bond acceptors (Lipinski definition) is 0. The first-order valence-electron chi connectivity index (χ1n) is 6.25. The summed E-state index contributed by atoms with van der Waals surface area (Å²) in [5, 5.41) is 0. The molecule has 0 bridgehead atoms. The SMILES string of the molecule is Cc1cc(-c2cc(C)c(C)c(I)c2)cc(C)c1C. The number of hydrogen-bond donors (Lipinski definition) is 0. The standard InChI is InChI=1S/C17H19I/c1-10-6-15(7-11(2)13(10)4)16-8-12(3)14(5)17(18)9-16/h6-9H,1-5H3. The van der Waals surface area contributed by atoms with Gasteiger partial charge in [-0.1, -0.05) is 18.2 Å². The average Bonchev–Trinajstić information content (AvgIpc) is 2.31. The van der Waals surface area contributed by atoms with Crippen molar-refractivity contribution in [2.45, 2.75) is 34.6 Å². The van der Waals surface area contributed by atoms with Gasteiger partial charge >= 0.3 is 0 Å². The van der Waals surface area contributed by atoms with Crippen LogP contribution in [0.25, 0.3) is 11.1 Å². The van der Waals surface area contributed by atoms with E-state index in [0.717, 1.165) is 0 Å². The summed E-state index contributed by atoms with van der Waals surface area (Å²) in [6.07, 6.45) is 0. The van der Waals surface area contributed by atoms with E-state index in [9.17, 15) is 0 Å². The molecule has 0 aliphatic heterocycles. The Labute approximate surface area is 124 Å². The number of halogens is 1. The second kappa shape index (κ2) is 5.04. The zero-order chi connectivity index (χ0) is 13.4. The Morgan fingerprint density at radius 1 is 0.611 bits per heavy atom. The van der Waals surface area contributed by atoms with Crippen molar-refractivity contribution in [2.75, 3.05) is 0 Å². The summed E-state index contributed by atoms with van der Waals surface area (Å²) in [5.74, 6) is 0. The minimum Gasteiger partial charge on any atom is -0.0512 e. The highest BCUT2D eigenvalue weighted by Crippen LogP contribution is 2.29. The molecule has 1 heteroatoms. The molecule has 0 aliphatic carbocycles. The van der Waals surface area contributed by atoms with Gasteiger partial charge in [0.05, 0.1) is 0 Å². The fraction of sp³-hybridized carbons (Fsp3) is 0.294. The lowest BCUT2D eigenvalue weighted by Gasteiger charge is -2.12. The van der Waals surface area contributed by atoms with Gasteiger partial charge < -0.3 is 0 Å². The quantitative estimate of drug-likeness (QED) is 0.596. The third-order valence-corrected chi connectivity index (χ3v) is 4.98. The molecule has 0 nitrogen and oxygen atoms in total. The molecule has 0 amide bonds. The van der Waals surface area contributed by atoms with Crippen molar-refractivity contribution in [1.82, 2.24) is 0 Å². The molecule has 0 aromatic heterocycles. The third kappa shape index (κ3) is 2.46. The van der Waals surface area contributed by atoms with Gasteiger partial charge in [-0.3, -0.25) is 0 Å². The van der Waals surface area contributed by atoms with Gasteiger partial charge in [-0.25, -0.2) is 0 Å². The lowest BCUT2D eigenvalue weighted by molar-refractivity contribution is 1.26. The van der Waals surface area contributed by atoms with E-state index in [1.165, 1.54) is 42.5 Å². The fourth-order valence-electron chi connectivity index (χ4n) is 2.19. The molecule has 2 aromatic carbocycles. The summed E-state index contributed by atoms with van der Waals surface area (Å²) in [5.41, 5.74) is 9.56. The van der Waals surface area contributed by atoms with Crippen LogP contribution in [0.15, 0.2) is 24.3 Å². The molecule has 0 N–H and O–H groups in total. The van der Waals surface area contributed by atoms with Crippen molar-refractivity contribution in [3.05, 3.63) is 55.7 Å². The van der Waals surface area contributed by atoms with Crippen LogP contribution in [0, 0.1) is 38.2 Å². The Morgan fingerprint density at radius 3 is 1.44 bits per heavy atom. The second-order valence-corrected chi connectivity index (χ2v) is 6.30. The van der Waals surface area contributed by atoms with Crippen LogP contribution < -0.4 is 0 Å². The van der Waals surface area contributed by atoms with E-state index in [2.05, 4.69) is 81.5 Å². The summed E-state index contributed by atoms with van der Waals surface area (Å²) in [6, 6.07) is 9.17. The Kier molecular flexibility index (Phi) is 3.81. The first-order chi connectivity index (χ1) is 8.40. The first kappa shape index (κ1) is 13.6. The van der Waals surface area contributed by atoms with E-state index < -0.39 is 0 Å². The molecule has 94 valence electrons. The van der Waals surface area contributed by atoms with E-state index in [-0.39, 0.29) is 0 Å². The van der Waals surface area contributed by atoms with Gasteiger partial charge in [0.25, 0.3) is 0 Å². The van der Waals surface area contributed by atoms with Crippen molar-refractivity contribution < 1.29 is 0 Å². The summed E-state index contributed by atoms with van der Waals surface area (Å²) < 4.78 is 1.35. The summed E-state index contributed by atoms with van der Waals surface area (Å²) >= 11 is 2.43. The number of aryl methyl sites for hydroxylation is 3. The van der Waals surface area contributed by atoms with Gasteiger partial charge in [0.1, 0.15) is 0 Å². The lowest BCUT2D eigenvalue weighted by atomic mass is 9.95. The van der Waals surface area contributed by atoms with Crippen LogP contribution in [0.5, 0.6) is 0 Å². The van der Waals surface area contributed by atoms with Gasteiger partial charge in [-0.2, -0.15) is 0 Å². The molecule has 2 aromatic rings. The normalized spacial score (nSPS) is 10.8. The molecule has 0 atom stereocenters. The predicted molar refractivity (Wildman–Crippen MR) is 88.3 cm³/mol. The molecule has 0 heterocycles. The lowest BCUT2D eigenvalue weighted by Crippen LogP contribution is -1.92. The molecule has 0 unspecified atom stereocenters. The molecule has 0 radical (unpaired) electrons. The maximum absolute atomic E-state index is 2.43. The Morgan fingerprint density at radius 2 is 1.00 bits per heavy atom. The number of benzene rings is 2. The van der Waals surface area contributed by atoms with E-state index in [0.29, 0.717) is 0 Å². The molecule has 0 fully saturated rings. The monoisotopic (exact) mass is 350 g/mol. The molecular formula is C17H19I. The van der Waals surface area contributed by atoms with Crippen LogP contribution in [-0.2, 0) is 0 Å². The van der Waals surface area contributed by atoms with Gasteiger partial charge in [-0.05, 0) is 102 Å². The smallest absolute Gasteiger partial charge is 0.0168 e. The van der Waals surface area contributed by atoms with Gasteiger partial charge in [0, 0.05) is 3.57 Å². The highest BCUT2D eigenvalue weighted by Gasteiger charge is 2.07. The third-order valence-electron chi connectivity index (χ3n) is 3.86. The summed E-state index contributed by atoms with van der Waals surface area (Å²) in [7, 11) is 0. The molecule has 0 spiro atoms. The average molecular weight is 350 g/mol. The van der Waals surface area contributed by atoms with Gasteiger partial charge in [0.15, 0.2) is 0 Å². The Bertz CT molecular complexity index is 507.